The van der Waals surface area contributed by atoms with Crippen LogP contribution in [-0.2, 0) is 16.4 Å². The number of hydrogen-bond donors (Lipinski definition) is 2. The van der Waals surface area contributed by atoms with Gasteiger partial charge in [-0.05, 0) is 50.2 Å². The number of urea groups is 1. The number of carbonyl (C=O) groups excluding carboxylic acids is 1. The lowest BCUT2D eigenvalue weighted by atomic mass is 10.1. The van der Waals surface area contributed by atoms with Gasteiger partial charge in [-0.25, -0.2) is 13.2 Å². The predicted octanol–water partition coefficient (Wildman–Crippen LogP) is 2.97. The summed E-state index contributed by atoms with van der Waals surface area (Å²) in [4.78, 5) is 14.6. The molecule has 0 aliphatic heterocycles. The average molecular weight is 404 g/mol. The number of rotatable bonds is 9. The molecule has 2 amide bonds. The summed E-state index contributed by atoms with van der Waals surface area (Å²) in [6.45, 7) is 4.22. The molecule has 2 aromatic rings. The Morgan fingerprint density at radius 3 is 2.32 bits per heavy atom. The van der Waals surface area contributed by atoms with Gasteiger partial charge in [-0.15, -0.1) is 0 Å². The minimum Gasteiger partial charge on any atom is -0.338 e. The summed E-state index contributed by atoms with van der Waals surface area (Å²) in [6.07, 6.45) is 2.03. The predicted molar refractivity (Wildman–Crippen MR) is 112 cm³/mol. The van der Waals surface area contributed by atoms with Crippen LogP contribution in [0.25, 0.3) is 0 Å². The van der Waals surface area contributed by atoms with Crippen LogP contribution in [0.5, 0.6) is 0 Å². The summed E-state index contributed by atoms with van der Waals surface area (Å²) in [5.41, 5.74) is 2.12. The highest BCUT2D eigenvalue weighted by Gasteiger charge is 2.11. The molecule has 0 bridgehead atoms. The molecule has 0 aliphatic rings. The van der Waals surface area contributed by atoms with Crippen LogP contribution in [0.15, 0.2) is 59.5 Å². The summed E-state index contributed by atoms with van der Waals surface area (Å²) in [5.74, 6) is 0. The molecule has 2 rings (SSSR count). The van der Waals surface area contributed by atoms with E-state index in [9.17, 15) is 13.2 Å². The zero-order valence-electron chi connectivity index (χ0n) is 16.7. The number of carbonyl (C=O) groups is 1. The first kappa shape index (κ1) is 21.9. The molecule has 0 fully saturated rings. The van der Waals surface area contributed by atoms with Gasteiger partial charge in [0.1, 0.15) is 0 Å². The SMILES string of the molecule is CC(NC(=O)NCCCN(C)Cc1ccccc1)c1ccc(S(C)(=O)=O)cc1. The molecule has 6 nitrogen and oxygen atoms in total. The van der Waals surface area contributed by atoms with Crippen molar-refractivity contribution in [2.75, 3.05) is 26.4 Å². The van der Waals surface area contributed by atoms with Crippen molar-refractivity contribution in [2.45, 2.75) is 30.8 Å². The van der Waals surface area contributed by atoms with Crippen LogP contribution >= 0.6 is 0 Å². The maximum Gasteiger partial charge on any atom is 0.315 e. The highest BCUT2D eigenvalue weighted by molar-refractivity contribution is 7.90. The second kappa shape index (κ2) is 10.2. The molecule has 0 saturated carbocycles. The van der Waals surface area contributed by atoms with Gasteiger partial charge in [-0.2, -0.15) is 0 Å². The molecule has 2 aromatic carbocycles. The fraction of sp³-hybridized carbons (Fsp3) is 0.381. The number of hydrogen-bond acceptors (Lipinski definition) is 4. The molecule has 0 aromatic heterocycles. The summed E-state index contributed by atoms with van der Waals surface area (Å²) in [7, 11) is -1.15. The van der Waals surface area contributed by atoms with Crippen LogP contribution in [0.2, 0.25) is 0 Å². The fourth-order valence-electron chi connectivity index (χ4n) is 2.86. The second-order valence-corrected chi connectivity index (χ2v) is 9.06. The Morgan fingerprint density at radius 1 is 1.07 bits per heavy atom. The Morgan fingerprint density at radius 2 is 1.71 bits per heavy atom. The average Bonchev–Trinajstić information content (AvgIpc) is 2.65. The second-order valence-electron chi connectivity index (χ2n) is 7.04. The number of sulfone groups is 1. The molecule has 0 radical (unpaired) electrons. The van der Waals surface area contributed by atoms with Crippen molar-refractivity contribution in [3.05, 3.63) is 65.7 Å². The van der Waals surface area contributed by atoms with Crippen molar-refractivity contribution < 1.29 is 13.2 Å². The highest BCUT2D eigenvalue weighted by atomic mass is 32.2. The maximum atomic E-state index is 12.1. The monoisotopic (exact) mass is 403 g/mol. The smallest absolute Gasteiger partial charge is 0.315 e. The van der Waals surface area contributed by atoms with E-state index in [0.717, 1.165) is 25.1 Å². The normalized spacial score (nSPS) is 12.6. The standard InChI is InChI=1S/C21H29N3O3S/c1-17(19-10-12-20(13-11-19)28(3,26)27)23-21(25)22-14-7-15-24(2)16-18-8-5-4-6-9-18/h4-6,8-13,17H,7,14-16H2,1-3H3,(H2,22,23,25). The van der Waals surface area contributed by atoms with Gasteiger partial charge in [-0.3, -0.25) is 0 Å². The molecule has 0 aliphatic carbocycles. The Hall–Kier alpha value is -2.38. The summed E-state index contributed by atoms with van der Waals surface area (Å²) in [5, 5.41) is 5.73. The Labute approximate surface area is 167 Å². The highest BCUT2D eigenvalue weighted by Crippen LogP contribution is 2.16. The van der Waals surface area contributed by atoms with E-state index < -0.39 is 9.84 Å². The molecule has 28 heavy (non-hydrogen) atoms. The summed E-state index contributed by atoms with van der Waals surface area (Å²) < 4.78 is 23.0. The Balaban J connectivity index is 1.69. The summed E-state index contributed by atoms with van der Waals surface area (Å²) >= 11 is 0. The van der Waals surface area contributed by atoms with Crippen molar-refractivity contribution in [1.82, 2.24) is 15.5 Å². The number of amides is 2. The minimum absolute atomic E-state index is 0.214. The van der Waals surface area contributed by atoms with Crippen molar-refractivity contribution in [3.63, 3.8) is 0 Å². The molecule has 1 unspecified atom stereocenters. The zero-order valence-corrected chi connectivity index (χ0v) is 17.5. The molecular weight excluding hydrogens is 374 g/mol. The fourth-order valence-corrected chi connectivity index (χ4v) is 3.49. The number of nitrogens with zero attached hydrogens (tertiary/aromatic N) is 1. The molecule has 0 saturated heterocycles. The lowest BCUT2D eigenvalue weighted by molar-refractivity contribution is 0.236. The summed E-state index contributed by atoms with van der Waals surface area (Å²) in [6, 6.07) is 16.4. The van der Waals surface area contributed by atoms with Crippen molar-refractivity contribution >= 4 is 15.9 Å². The first-order valence-electron chi connectivity index (χ1n) is 9.32. The first-order chi connectivity index (χ1) is 13.3. The van der Waals surface area contributed by atoms with Gasteiger partial charge in [0.05, 0.1) is 10.9 Å². The van der Waals surface area contributed by atoms with Gasteiger partial charge in [0, 0.05) is 19.3 Å². The van der Waals surface area contributed by atoms with Crippen LogP contribution in [0, 0.1) is 0 Å². The minimum atomic E-state index is -3.21. The van der Waals surface area contributed by atoms with Crippen LogP contribution in [0.4, 0.5) is 4.79 Å². The van der Waals surface area contributed by atoms with E-state index in [-0.39, 0.29) is 17.0 Å². The van der Waals surface area contributed by atoms with Gasteiger partial charge in [0.15, 0.2) is 9.84 Å². The molecule has 2 N–H and O–H groups in total. The Kier molecular flexibility index (Phi) is 8.02. The van der Waals surface area contributed by atoms with E-state index in [4.69, 9.17) is 0 Å². The van der Waals surface area contributed by atoms with Crippen molar-refractivity contribution in [1.29, 1.82) is 0 Å². The van der Waals surface area contributed by atoms with Crippen LogP contribution in [0.1, 0.15) is 30.5 Å². The largest absolute Gasteiger partial charge is 0.338 e. The lowest BCUT2D eigenvalue weighted by Gasteiger charge is -2.18. The zero-order chi connectivity index (χ0) is 20.6. The topological polar surface area (TPSA) is 78.5 Å². The molecule has 0 spiro atoms. The third-order valence-electron chi connectivity index (χ3n) is 4.45. The van der Waals surface area contributed by atoms with E-state index in [1.54, 1.807) is 24.3 Å². The molecular formula is C21H29N3O3S. The van der Waals surface area contributed by atoms with Crippen LogP contribution < -0.4 is 10.6 Å². The van der Waals surface area contributed by atoms with Crippen LogP contribution in [0.3, 0.4) is 0 Å². The number of nitrogens with one attached hydrogen (secondary N) is 2. The van der Waals surface area contributed by atoms with E-state index in [2.05, 4.69) is 34.7 Å². The quantitative estimate of drug-likeness (QED) is 0.631. The molecule has 0 heterocycles. The van der Waals surface area contributed by atoms with Gasteiger partial charge >= 0.3 is 6.03 Å². The van der Waals surface area contributed by atoms with Crippen molar-refractivity contribution in [2.24, 2.45) is 0 Å². The van der Waals surface area contributed by atoms with E-state index in [1.807, 2.05) is 25.1 Å². The number of benzene rings is 2. The van der Waals surface area contributed by atoms with E-state index >= 15 is 0 Å². The third-order valence-corrected chi connectivity index (χ3v) is 5.58. The Bertz CT molecular complexity index is 852. The van der Waals surface area contributed by atoms with E-state index in [0.29, 0.717) is 6.54 Å². The van der Waals surface area contributed by atoms with Crippen molar-refractivity contribution in [3.8, 4) is 0 Å². The molecule has 152 valence electrons. The molecule has 1 atom stereocenters. The van der Waals surface area contributed by atoms with Gasteiger partial charge in [-0.1, -0.05) is 42.5 Å². The lowest BCUT2D eigenvalue weighted by Crippen LogP contribution is -2.38. The first-order valence-corrected chi connectivity index (χ1v) is 11.2. The maximum absolute atomic E-state index is 12.1. The van der Waals surface area contributed by atoms with E-state index in [1.165, 1.54) is 11.8 Å². The van der Waals surface area contributed by atoms with Crippen LogP contribution in [-0.4, -0.2) is 45.7 Å². The third kappa shape index (κ3) is 7.32. The van der Waals surface area contributed by atoms with Gasteiger partial charge in [0.2, 0.25) is 0 Å². The van der Waals surface area contributed by atoms with Gasteiger partial charge < -0.3 is 15.5 Å². The molecule has 7 heteroatoms. The van der Waals surface area contributed by atoms with Gasteiger partial charge in [0.25, 0.3) is 0 Å².